The zero-order chi connectivity index (χ0) is 13.1. The maximum Gasteiger partial charge on any atom is 0.305 e. The van der Waals surface area contributed by atoms with Gasteiger partial charge >= 0.3 is 5.97 Å². The summed E-state index contributed by atoms with van der Waals surface area (Å²) in [4.78, 5) is 24.1. The number of carbonyl (C=O) groups excluding carboxylic acids is 1. The Bertz CT molecular complexity index is 490. The molecule has 5 nitrogen and oxygen atoms in total. The molecule has 6 heteroatoms. The molecule has 96 valence electrons. The fraction of sp³-hybridized carbons (Fsp3) is 0.333. The van der Waals surface area contributed by atoms with Crippen LogP contribution in [0, 0.1) is 0 Å². The highest BCUT2D eigenvalue weighted by molar-refractivity contribution is 6.34. The van der Waals surface area contributed by atoms with Crippen LogP contribution >= 0.6 is 11.6 Å². The number of nitrogens with zero attached hydrogens (tertiary/aromatic N) is 1. The van der Waals surface area contributed by atoms with Crippen LogP contribution in [0.2, 0.25) is 5.02 Å². The molecule has 0 unspecified atom stereocenters. The fourth-order valence-corrected chi connectivity index (χ4v) is 2.14. The van der Waals surface area contributed by atoms with Crippen molar-refractivity contribution < 1.29 is 14.7 Å². The van der Waals surface area contributed by atoms with Gasteiger partial charge in [-0.3, -0.25) is 9.59 Å². The van der Waals surface area contributed by atoms with Gasteiger partial charge in [-0.15, -0.1) is 0 Å². The van der Waals surface area contributed by atoms with Gasteiger partial charge in [0.05, 0.1) is 22.8 Å². The predicted molar refractivity (Wildman–Crippen MR) is 69.2 cm³/mol. The lowest BCUT2D eigenvalue weighted by molar-refractivity contribution is -0.136. The van der Waals surface area contributed by atoms with Gasteiger partial charge in [-0.1, -0.05) is 17.7 Å². The molecule has 0 bridgehead atoms. The summed E-state index contributed by atoms with van der Waals surface area (Å²) in [7, 11) is 0. The van der Waals surface area contributed by atoms with E-state index in [9.17, 15) is 9.59 Å². The first kappa shape index (κ1) is 12.7. The van der Waals surface area contributed by atoms with Crippen molar-refractivity contribution >= 4 is 34.9 Å². The molecule has 1 amide bonds. The number of benzene rings is 1. The number of anilines is 2. The average molecular weight is 269 g/mol. The number of halogens is 1. The van der Waals surface area contributed by atoms with E-state index in [1.165, 1.54) is 0 Å². The molecule has 0 saturated carbocycles. The second kappa shape index (κ2) is 5.27. The molecule has 0 aliphatic carbocycles. The van der Waals surface area contributed by atoms with E-state index < -0.39 is 5.97 Å². The van der Waals surface area contributed by atoms with Gasteiger partial charge in [0.2, 0.25) is 5.91 Å². The Kier molecular flexibility index (Phi) is 3.72. The minimum Gasteiger partial charge on any atom is -0.481 e. The molecule has 0 saturated heterocycles. The summed E-state index contributed by atoms with van der Waals surface area (Å²) in [6.07, 6.45) is 0.352. The van der Waals surface area contributed by atoms with Crippen molar-refractivity contribution in [3.05, 3.63) is 23.2 Å². The van der Waals surface area contributed by atoms with Crippen LogP contribution < -0.4 is 10.2 Å². The van der Waals surface area contributed by atoms with Gasteiger partial charge in [0, 0.05) is 19.5 Å². The number of hydrogen-bond acceptors (Lipinski definition) is 3. The number of carboxylic acids is 1. The van der Waals surface area contributed by atoms with Crippen LogP contribution in [0.25, 0.3) is 0 Å². The zero-order valence-corrected chi connectivity index (χ0v) is 10.4. The fourth-order valence-electron chi connectivity index (χ4n) is 1.92. The zero-order valence-electron chi connectivity index (χ0n) is 9.65. The van der Waals surface area contributed by atoms with Crippen molar-refractivity contribution in [3.8, 4) is 0 Å². The smallest absolute Gasteiger partial charge is 0.305 e. The molecule has 0 atom stereocenters. The third-order valence-corrected chi connectivity index (χ3v) is 3.12. The Morgan fingerprint density at radius 1 is 1.50 bits per heavy atom. The van der Waals surface area contributed by atoms with Crippen molar-refractivity contribution in [1.29, 1.82) is 0 Å². The number of carboxylic acid groups (broad SMARTS) is 1. The number of carbonyl (C=O) groups is 2. The summed E-state index contributed by atoms with van der Waals surface area (Å²) in [6.45, 7) is 0.851. The molecular formula is C12H13ClN2O3. The van der Waals surface area contributed by atoms with E-state index in [2.05, 4.69) is 5.32 Å². The van der Waals surface area contributed by atoms with E-state index in [4.69, 9.17) is 16.7 Å². The molecule has 1 aromatic rings. The molecule has 0 spiro atoms. The summed E-state index contributed by atoms with van der Waals surface area (Å²) in [6, 6.07) is 5.31. The molecular weight excluding hydrogens is 256 g/mol. The highest BCUT2D eigenvalue weighted by Gasteiger charge is 2.21. The highest BCUT2D eigenvalue weighted by Crippen LogP contribution is 2.34. The molecule has 1 heterocycles. The van der Waals surface area contributed by atoms with Gasteiger partial charge in [-0.25, -0.2) is 0 Å². The SMILES string of the molecule is O=C(O)CCN1CCC(=O)Nc2c(Cl)cccc21. The van der Waals surface area contributed by atoms with Crippen LogP contribution in [0.5, 0.6) is 0 Å². The summed E-state index contributed by atoms with van der Waals surface area (Å²) in [5.74, 6) is -0.968. The van der Waals surface area contributed by atoms with Crippen molar-refractivity contribution in [2.45, 2.75) is 12.8 Å². The Labute approximate surface area is 109 Å². The lowest BCUT2D eigenvalue weighted by Gasteiger charge is -2.23. The highest BCUT2D eigenvalue weighted by atomic mass is 35.5. The minimum absolute atomic E-state index is 0.0279. The molecule has 2 rings (SSSR count). The second-order valence-electron chi connectivity index (χ2n) is 4.06. The largest absolute Gasteiger partial charge is 0.481 e. The summed E-state index contributed by atoms with van der Waals surface area (Å²) >= 11 is 6.05. The van der Waals surface area contributed by atoms with Crippen molar-refractivity contribution in [3.63, 3.8) is 0 Å². The van der Waals surface area contributed by atoms with Gasteiger partial charge < -0.3 is 15.3 Å². The number of fused-ring (bicyclic) bond motifs is 1. The summed E-state index contributed by atoms with van der Waals surface area (Å²) in [5.41, 5.74) is 1.33. The summed E-state index contributed by atoms with van der Waals surface area (Å²) in [5, 5.41) is 11.9. The monoisotopic (exact) mass is 268 g/mol. The summed E-state index contributed by atoms with van der Waals surface area (Å²) < 4.78 is 0. The molecule has 1 aromatic carbocycles. The van der Waals surface area contributed by atoms with E-state index >= 15 is 0 Å². The lowest BCUT2D eigenvalue weighted by atomic mass is 10.2. The minimum atomic E-state index is -0.859. The standard InChI is InChI=1S/C12H13ClN2O3/c13-8-2-1-3-9-12(8)14-10(16)4-6-15(9)7-5-11(17)18/h1-3H,4-7H2,(H,14,16)(H,17,18). The maximum absolute atomic E-state index is 11.6. The number of hydrogen-bond donors (Lipinski definition) is 2. The Hall–Kier alpha value is -1.75. The van der Waals surface area contributed by atoms with Crippen molar-refractivity contribution in [1.82, 2.24) is 0 Å². The predicted octanol–water partition coefficient (Wildman–Crippen LogP) is 1.96. The molecule has 0 radical (unpaired) electrons. The molecule has 0 fully saturated rings. The molecule has 1 aliphatic heterocycles. The third-order valence-electron chi connectivity index (χ3n) is 2.80. The van der Waals surface area contributed by atoms with E-state index in [1.54, 1.807) is 12.1 Å². The molecule has 2 N–H and O–H groups in total. The Balaban J connectivity index is 2.30. The Morgan fingerprint density at radius 2 is 2.28 bits per heavy atom. The van der Waals surface area contributed by atoms with Crippen LogP contribution in [-0.2, 0) is 9.59 Å². The van der Waals surface area contributed by atoms with Crippen LogP contribution in [-0.4, -0.2) is 30.1 Å². The topological polar surface area (TPSA) is 69.6 Å². The van der Waals surface area contributed by atoms with Crippen LogP contribution in [0.1, 0.15) is 12.8 Å². The van der Waals surface area contributed by atoms with Gasteiger partial charge in [0.25, 0.3) is 0 Å². The van der Waals surface area contributed by atoms with E-state index in [1.807, 2.05) is 11.0 Å². The van der Waals surface area contributed by atoms with Crippen LogP contribution in [0.15, 0.2) is 18.2 Å². The third kappa shape index (κ3) is 2.73. The molecule has 0 aromatic heterocycles. The maximum atomic E-state index is 11.6. The quantitative estimate of drug-likeness (QED) is 0.879. The van der Waals surface area contributed by atoms with Gasteiger partial charge in [0.1, 0.15) is 0 Å². The normalized spacial score (nSPS) is 14.7. The number of rotatable bonds is 3. The molecule has 18 heavy (non-hydrogen) atoms. The Morgan fingerprint density at radius 3 is 3.00 bits per heavy atom. The van der Waals surface area contributed by atoms with Crippen molar-refractivity contribution in [2.24, 2.45) is 0 Å². The first-order valence-electron chi connectivity index (χ1n) is 5.63. The number of para-hydroxylation sites is 1. The first-order chi connectivity index (χ1) is 8.58. The first-order valence-corrected chi connectivity index (χ1v) is 6.01. The average Bonchev–Trinajstić information content (AvgIpc) is 2.47. The number of nitrogens with one attached hydrogen (secondary N) is 1. The number of aliphatic carboxylic acids is 1. The van der Waals surface area contributed by atoms with E-state index in [-0.39, 0.29) is 12.3 Å². The van der Waals surface area contributed by atoms with Gasteiger partial charge in [-0.05, 0) is 12.1 Å². The van der Waals surface area contributed by atoms with E-state index in [0.29, 0.717) is 30.2 Å². The van der Waals surface area contributed by atoms with Gasteiger partial charge in [0.15, 0.2) is 0 Å². The molecule has 1 aliphatic rings. The lowest BCUT2D eigenvalue weighted by Crippen LogP contribution is -2.27. The van der Waals surface area contributed by atoms with E-state index in [0.717, 1.165) is 5.69 Å². The van der Waals surface area contributed by atoms with Gasteiger partial charge in [-0.2, -0.15) is 0 Å². The van der Waals surface area contributed by atoms with Crippen LogP contribution in [0.3, 0.4) is 0 Å². The second-order valence-corrected chi connectivity index (χ2v) is 4.47. The van der Waals surface area contributed by atoms with Crippen LogP contribution in [0.4, 0.5) is 11.4 Å². The van der Waals surface area contributed by atoms with Crippen molar-refractivity contribution in [2.75, 3.05) is 23.3 Å². The number of amides is 1.